The van der Waals surface area contributed by atoms with E-state index in [1.54, 1.807) is 7.11 Å². The average Bonchev–Trinajstić information content (AvgIpc) is 2.63. The maximum atomic E-state index is 11.5. The van der Waals surface area contributed by atoms with Crippen molar-refractivity contribution in [2.24, 2.45) is 0 Å². The van der Waals surface area contributed by atoms with Crippen LogP contribution in [0.5, 0.6) is 0 Å². The Morgan fingerprint density at radius 3 is 2.78 bits per heavy atom. The van der Waals surface area contributed by atoms with E-state index in [-0.39, 0.29) is 23.5 Å². The van der Waals surface area contributed by atoms with Crippen LogP contribution in [0.15, 0.2) is 0 Å². The summed E-state index contributed by atoms with van der Waals surface area (Å²) in [6.45, 7) is 2.13. The van der Waals surface area contributed by atoms with Crippen LogP contribution < -0.4 is 10.6 Å². The first-order chi connectivity index (χ1) is 8.53. The van der Waals surface area contributed by atoms with Gasteiger partial charge in [0.25, 0.3) is 0 Å². The number of methoxy groups -OCH3 is 1. The smallest absolute Gasteiger partial charge is 0.221 e. The van der Waals surface area contributed by atoms with Gasteiger partial charge in [-0.15, -0.1) is 0 Å². The molecule has 0 saturated carbocycles. The monoisotopic (exact) mass is 278 g/mol. The Morgan fingerprint density at radius 1 is 1.39 bits per heavy atom. The number of carbonyl (C=O) groups is 1. The molecule has 1 rings (SSSR count). The molecule has 0 aromatic rings. The Bertz CT molecular complexity index is 356. The van der Waals surface area contributed by atoms with Gasteiger partial charge < -0.3 is 15.4 Å². The molecule has 7 heteroatoms. The molecule has 1 aliphatic heterocycles. The van der Waals surface area contributed by atoms with Crippen LogP contribution in [0.25, 0.3) is 0 Å². The van der Waals surface area contributed by atoms with Gasteiger partial charge >= 0.3 is 0 Å². The van der Waals surface area contributed by atoms with Crippen molar-refractivity contribution in [2.75, 3.05) is 38.3 Å². The second-order valence-corrected chi connectivity index (χ2v) is 6.74. The molecule has 1 saturated heterocycles. The topological polar surface area (TPSA) is 84.5 Å². The zero-order valence-corrected chi connectivity index (χ0v) is 11.6. The van der Waals surface area contributed by atoms with Crippen LogP contribution in [0.1, 0.15) is 19.3 Å². The maximum Gasteiger partial charge on any atom is 0.221 e. The lowest BCUT2D eigenvalue weighted by Crippen LogP contribution is -2.37. The highest BCUT2D eigenvalue weighted by molar-refractivity contribution is 7.91. The molecule has 2 N–H and O–H groups in total. The Labute approximate surface area is 108 Å². The molecule has 0 bridgehead atoms. The molecule has 0 aromatic heterocycles. The summed E-state index contributed by atoms with van der Waals surface area (Å²) in [5.41, 5.74) is 0. The zero-order chi connectivity index (χ0) is 13.4. The number of amides is 1. The predicted molar refractivity (Wildman–Crippen MR) is 69.2 cm³/mol. The molecule has 1 fully saturated rings. The summed E-state index contributed by atoms with van der Waals surface area (Å²) in [6.07, 6.45) is 1.83. The fourth-order valence-corrected chi connectivity index (χ4v) is 3.55. The highest BCUT2D eigenvalue weighted by Gasteiger charge is 2.28. The molecule has 1 aliphatic rings. The Balaban J connectivity index is 2.04. The number of hydrogen-bond donors (Lipinski definition) is 2. The van der Waals surface area contributed by atoms with E-state index in [9.17, 15) is 13.2 Å². The summed E-state index contributed by atoms with van der Waals surface area (Å²) in [5, 5.41) is 5.89. The first-order valence-electron chi connectivity index (χ1n) is 6.23. The molecule has 1 unspecified atom stereocenters. The molecular weight excluding hydrogens is 256 g/mol. The molecule has 1 amide bonds. The van der Waals surface area contributed by atoms with Crippen molar-refractivity contribution >= 4 is 15.7 Å². The third-order valence-corrected chi connectivity index (χ3v) is 4.60. The summed E-state index contributed by atoms with van der Waals surface area (Å²) < 4.78 is 27.3. The van der Waals surface area contributed by atoms with E-state index < -0.39 is 9.84 Å². The lowest BCUT2D eigenvalue weighted by Gasteiger charge is -2.11. The van der Waals surface area contributed by atoms with Crippen molar-refractivity contribution in [3.05, 3.63) is 0 Å². The number of ether oxygens (including phenoxy) is 1. The minimum atomic E-state index is -2.92. The van der Waals surface area contributed by atoms with E-state index >= 15 is 0 Å². The average molecular weight is 278 g/mol. The maximum absolute atomic E-state index is 11.5. The molecule has 1 atom stereocenters. The van der Waals surface area contributed by atoms with Gasteiger partial charge in [0.2, 0.25) is 5.91 Å². The Hall–Kier alpha value is -0.660. The molecule has 1 heterocycles. The quantitative estimate of drug-likeness (QED) is 0.574. The van der Waals surface area contributed by atoms with Crippen molar-refractivity contribution in [3.63, 3.8) is 0 Å². The van der Waals surface area contributed by atoms with E-state index in [2.05, 4.69) is 10.6 Å². The standard InChI is InChI=1S/C11H22N2O4S/c1-17-7-2-5-12-6-3-11(14)13-10-4-8-18(15,16)9-10/h10,12H,2-9H2,1H3,(H,13,14). The summed E-state index contributed by atoms with van der Waals surface area (Å²) in [4.78, 5) is 11.5. The molecular formula is C11H22N2O4S. The SMILES string of the molecule is COCCCNCCC(=O)NC1CCS(=O)(=O)C1. The van der Waals surface area contributed by atoms with Crippen molar-refractivity contribution in [1.82, 2.24) is 10.6 Å². The number of nitrogens with one attached hydrogen (secondary N) is 2. The van der Waals surface area contributed by atoms with Crippen molar-refractivity contribution < 1.29 is 17.9 Å². The normalized spacial score (nSPS) is 21.9. The third-order valence-electron chi connectivity index (χ3n) is 2.83. The summed E-state index contributed by atoms with van der Waals surface area (Å²) in [6, 6.07) is -0.198. The van der Waals surface area contributed by atoms with Gasteiger partial charge in [-0.05, 0) is 19.4 Å². The Kier molecular flexibility index (Phi) is 6.59. The first kappa shape index (κ1) is 15.4. The lowest BCUT2D eigenvalue weighted by molar-refractivity contribution is -0.121. The highest BCUT2D eigenvalue weighted by Crippen LogP contribution is 2.11. The van der Waals surface area contributed by atoms with Crippen LogP contribution in [-0.2, 0) is 19.4 Å². The van der Waals surface area contributed by atoms with Gasteiger partial charge in [0.1, 0.15) is 0 Å². The van der Waals surface area contributed by atoms with Crippen LogP contribution in [0.3, 0.4) is 0 Å². The summed E-state index contributed by atoms with van der Waals surface area (Å²) >= 11 is 0. The minimum Gasteiger partial charge on any atom is -0.385 e. The van der Waals surface area contributed by atoms with E-state index in [1.807, 2.05) is 0 Å². The fourth-order valence-electron chi connectivity index (χ4n) is 1.88. The number of carbonyl (C=O) groups excluding carboxylic acids is 1. The summed E-state index contributed by atoms with van der Waals surface area (Å²) in [5.74, 6) is 0.184. The van der Waals surface area contributed by atoms with Gasteiger partial charge in [0, 0.05) is 32.7 Å². The van der Waals surface area contributed by atoms with Crippen molar-refractivity contribution in [3.8, 4) is 0 Å². The van der Waals surface area contributed by atoms with Crippen LogP contribution in [0.2, 0.25) is 0 Å². The van der Waals surface area contributed by atoms with Gasteiger partial charge in [0.05, 0.1) is 11.5 Å². The van der Waals surface area contributed by atoms with Gasteiger partial charge in [0.15, 0.2) is 9.84 Å². The number of sulfone groups is 1. The molecule has 0 aromatic carbocycles. The van der Waals surface area contributed by atoms with Gasteiger partial charge in [-0.25, -0.2) is 8.42 Å². The van der Waals surface area contributed by atoms with E-state index in [4.69, 9.17) is 4.74 Å². The molecule has 0 radical (unpaired) electrons. The molecule has 6 nitrogen and oxygen atoms in total. The second-order valence-electron chi connectivity index (χ2n) is 4.51. The first-order valence-corrected chi connectivity index (χ1v) is 8.05. The highest BCUT2D eigenvalue weighted by atomic mass is 32.2. The molecule has 0 aliphatic carbocycles. The molecule has 0 spiro atoms. The van der Waals surface area contributed by atoms with Crippen LogP contribution in [-0.4, -0.2) is 58.7 Å². The van der Waals surface area contributed by atoms with Gasteiger partial charge in [-0.2, -0.15) is 0 Å². The summed E-state index contributed by atoms with van der Waals surface area (Å²) in [7, 11) is -1.26. The zero-order valence-electron chi connectivity index (χ0n) is 10.8. The third kappa shape index (κ3) is 6.32. The fraction of sp³-hybridized carbons (Fsp3) is 0.909. The van der Waals surface area contributed by atoms with Gasteiger partial charge in [-0.1, -0.05) is 0 Å². The largest absolute Gasteiger partial charge is 0.385 e. The van der Waals surface area contributed by atoms with Gasteiger partial charge in [-0.3, -0.25) is 4.79 Å². The molecule has 106 valence electrons. The second kappa shape index (κ2) is 7.70. The lowest BCUT2D eigenvalue weighted by atomic mass is 10.2. The Morgan fingerprint density at radius 2 is 2.17 bits per heavy atom. The van der Waals surface area contributed by atoms with E-state index in [0.717, 1.165) is 13.0 Å². The van der Waals surface area contributed by atoms with Crippen molar-refractivity contribution in [2.45, 2.75) is 25.3 Å². The van der Waals surface area contributed by atoms with Crippen LogP contribution >= 0.6 is 0 Å². The van der Waals surface area contributed by atoms with E-state index in [1.165, 1.54) is 0 Å². The number of rotatable bonds is 8. The van der Waals surface area contributed by atoms with Crippen LogP contribution in [0.4, 0.5) is 0 Å². The van der Waals surface area contributed by atoms with E-state index in [0.29, 0.717) is 26.0 Å². The molecule has 18 heavy (non-hydrogen) atoms. The number of hydrogen-bond acceptors (Lipinski definition) is 5. The predicted octanol–water partition coefficient (Wildman–Crippen LogP) is -0.694. The van der Waals surface area contributed by atoms with Crippen LogP contribution in [0, 0.1) is 0 Å². The minimum absolute atomic E-state index is 0.0833. The van der Waals surface area contributed by atoms with Crippen molar-refractivity contribution in [1.29, 1.82) is 0 Å².